The molecule has 0 aliphatic heterocycles. The zero-order valence-electron chi connectivity index (χ0n) is 6.60. The minimum Gasteiger partial charge on any atom is -0.466 e. The van der Waals surface area contributed by atoms with Crippen LogP contribution in [-0.2, 0) is 9.53 Å². The molecule has 11 heavy (non-hydrogen) atoms. The number of ether oxygens (including phenoxy) is 1. The van der Waals surface area contributed by atoms with Gasteiger partial charge in [0, 0.05) is 6.92 Å². The van der Waals surface area contributed by atoms with Gasteiger partial charge in [0.2, 0.25) is 0 Å². The number of carbonyl (C=O) groups excluding carboxylic acids is 1. The smallest absolute Gasteiger partial charge is 0.302 e. The molecular weight excluding hydrogens is 208 g/mol. The molecule has 0 aliphatic rings. The summed E-state index contributed by atoms with van der Waals surface area (Å²) in [5, 5.41) is 0. The van der Waals surface area contributed by atoms with Crippen molar-refractivity contribution in [1.29, 1.82) is 0 Å². The average molecular weight is 220 g/mol. The monoisotopic (exact) mass is 219 g/mol. The van der Waals surface area contributed by atoms with Gasteiger partial charge in [0.25, 0.3) is 0 Å². The molecule has 0 bridgehead atoms. The van der Waals surface area contributed by atoms with Gasteiger partial charge in [0.15, 0.2) is 0 Å². The van der Waals surface area contributed by atoms with E-state index in [4.69, 9.17) is 4.74 Å². The summed E-state index contributed by atoms with van der Waals surface area (Å²) in [5.74, 6) is -0.176. The molecule has 1 atom stereocenters. The van der Waals surface area contributed by atoms with Crippen LogP contribution in [0.3, 0.4) is 0 Å². The normalized spacial score (nSPS) is 12.3. The van der Waals surface area contributed by atoms with Crippen molar-refractivity contribution in [3.05, 3.63) is 18.0 Å². The topological polar surface area (TPSA) is 26.3 Å². The second-order valence-corrected chi connectivity index (χ2v) is 3.51. The summed E-state index contributed by atoms with van der Waals surface area (Å²) in [6.45, 7) is 9.19. The Morgan fingerprint density at radius 3 is 2.64 bits per heavy atom. The first-order chi connectivity index (χ1) is 5.02. The molecule has 0 aliphatic carbocycles. The summed E-state index contributed by atoms with van der Waals surface area (Å²) >= 11 is 3.21. The molecule has 1 radical (unpaired) electrons. The van der Waals surface area contributed by atoms with Gasteiger partial charge in [-0.25, -0.2) is 0 Å². The minimum absolute atomic E-state index is 0.0887. The molecule has 1 unspecified atom stereocenters. The maximum atomic E-state index is 10.3. The van der Waals surface area contributed by atoms with E-state index in [-0.39, 0.29) is 11.9 Å². The quantitative estimate of drug-likeness (QED) is 0.679. The summed E-state index contributed by atoms with van der Waals surface area (Å²) in [7, 11) is 0. The molecule has 0 saturated heterocycles. The lowest BCUT2D eigenvalue weighted by atomic mass is 10.1. The standard InChI is InChI=1S/C8H12BrO2/c1-6(4-7(2)9)5-11-8(3)10/h6H,1-2,4-5H2,3H3. The molecule has 0 N–H and O–H groups in total. The third kappa shape index (κ3) is 7.59. The number of rotatable bonds is 4. The van der Waals surface area contributed by atoms with Gasteiger partial charge in [-0.1, -0.05) is 22.5 Å². The van der Waals surface area contributed by atoms with Crippen molar-refractivity contribution in [3.8, 4) is 0 Å². The Hall–Kier alpha value is -0.310. The molecule has 0 spiro atoms. The van der Waals surface area contributed by atoms with Crippen LogP contribution in [0.4, 0.5) is 0 Å². The average Bonchev–Trinajstić information content (AvgIpc) is 1.82. The van der Waals surface area contributed by atoms with Crippen molar-refractivity contribution in [2.45, 2.75) is 13.3 Å². The number of halogens is 1. The molecule has 0 aromatic rings. The van der Waals surface area contributed by atoms with Crippen LogP contribution in [0.1, 0.15) is 13.3 Å². The molecule has 0 saturated carbocycles. The van der Waals surface area contributed by atoms with Crippen molar-refractivity contribution in [2.75, 3.05) is 6.61 Å². The highest BCUT2D eigenvalue weighted by Gasteiger charge is 2.04. The molecular formula is C8H12BrO2. The van der Waals surface area contributed by atoms with E-state index in [0.29, 0.717) is 6.61 Å². The lowest BCUT2D eigenvalue weighted by molar-refractivity contribution is -0.141. The van der Waals surface area contributed by atoms with Gasteiger partial charge in [-0.05, 0) is 23.7 Å². The summed E-state index contributed by atoms with van der Waals surface area (Å²) in [6, 6.07) is 0. The van der Waals surface area contributed by atoms with E-state index < -0.39 is 0 Å². The number of allylic oxidation sites excluding steroid dienone is 1. The molecule has 0 heterocycles. The van der Waals surface area contributed by atoms with Gasteiger partial charge < -0.3 is 4.74 Å². The molecule has 2 nitrogen and oxygen atoms in total. The highest BCUT2D eigenvalue weighted by atomic mass is 79.9. The summed E-state index contributed by atoms with van der Waals surface area (Å²) in [6.07, 6.45) is 0.729. The van der Waals surface area contributed by atoms with Crippen LogP contribution < -0.4 is 0 Å². The molecule has 0 aromatic heterocycles. The number of carbonyl (C=O) groups is 1. The first-order valence-corrected chi connectivity index (χ1v) is 4.11. The van der Waals surface area contributed by atoms with Gasteiger partial charge in [0.1, 0.15) is 0 Å². The van der Waals surface area contributed by atoms with Gasteiger partial charge >= 0.3 is 5.97 Å². The molecule has 0 rings (SSSR count). The molecule has 3 heteroatoms. The van der Waals surface area contributed by atoms with Crippen molar-refractivity contribution in [3.63, 3.8) is 0 Å². The van der Waals surface area contributed by atoms with Crippen LogP contribution in [-0.4, -0.2) is 12.6 Å². The van der Waals surface area contributed by atoms with E-state index in [2.05, 4.69) is 29.4 Å². The zero-order valence-corrected chi connectivity index (χ0v) is 8.19. The van der Waals surface area contributed by atoms with Crippen LogP contribution in [0.5, 0.6) is 0 Å². The Labute approximate surface area is 75.7 Å². The Kier molecular flexibility index (Phi) is 5.20. The van der Waals surface area contributed by atoms with E-state index >= 15 is 0 Å². The Bertz CT molecular complexity index is 154. The van der Waals surface area contributed by atoms with E-state index in [1.165, 1.54) is 6.92 Å². The predicted molar refractivity (Wildman–Crippen MR) is 48.2 cm³/mol. The maximum Gasteiger partial charge on any atom is 0.302 e. The maximum absolute atomic E-state index is 10.3. The lowest BCUT2D eigenvalue weighted by Crippen LogP contribution is -2.09. The Morgan fingerprint density at radius 2 is 2.27 bits per heavy atom. The van der Waals surface area contributed by atoms with Gasteiger partial charge in [-0.3, -0.25) is 4.79 Å². The molecule has 0 amide bonds. The predicted octanol–water partition coefficient (Wildman–Crippen LogP) is 2.30. The molecule has 0 fully saturated rings. The second-order valence-electron chi connectivity index (χ2n) is 2.39. The van der Waals surface area contributed by atoms with Gasteiger partial charge in [0.05, 0.1) is 6.61 Å². The highest BCUT2D eigenvalue weighted by Crippen LogP contribution is 2.14. The summed E-state index contributed by atoms with van der Waals surface area (Å²) in [4.78, 5) is 10.3. The second kappa shape index (κ2) is 5.35. The number of hydrogen-bond donors (Lipinski definition) is 0. The fourth-order valence-electron chi connectivity index (χ4n) is 0.607. The Balaban J connectivity index is 3.44. The van der Waals surface area contributed by atoms with E-state index in [9.17, 15) is 4.79 Å². The van der Waals surface area contributed by atoms with Gasteiger partial charge in [-0.2, -0.15) is 0 Å². The van der Waals surface area contributed by atoms with E-state index in [0.717, 1.165) is 10.9 Å². The van der Waals surface area contributed by atoms with Crippen molar-refractivity contribution in [1.82, 2.24) is 0 Å². The fraction of sp³-hybridized carbons (Fsp3) is 0.500. The molecule has 0 aromatic carbocycles. The third-order valence-corrected chi connectivity index (χ3v) is 1.36. The van der Waals surface area contributed by atoms with Crippen molar-refractivity contribution >= 4 is 21.9 Å². The third-order valence-electron chi connectivity index (χ3n) is 1.03. The van der Waals surface area contributed by atoms with Crippen LogP contribution in [0, 0.1) is 12.8 Å². The van der Waals surface area contributed by atoms with Crippen molar-refractivity contribution < 1.29 is 9.53 Å². The first-order valence-electron chi connectivity index (χ1n) is 3.32. The largest absolute Gasteiger partial charge is 0.466 e. The summed E-state index contributed by atoms with van der Waals surface area (Å²) < 4.78 is 5.62. The number of esters is 1. The minimum atomic E-state index is -0.265. The SMILES string of the molecule is [CH2]C(COC(C)=O)CC(=C)Br. The van der Waals surface area contributed by atoms with Crippen LogP contribution >= 0.6 is 15.9 Å². The Morgan fingerprint density at radius 1 is 1.73 bits per heavy atom. The van der Waals surface area contributed by atoms with E-state index in [1.54, 1.807) is 0 Å². The zero-order chi connectivity index (χ0) is 8.85. The van der Waals surface area contributed by atoms with E-state index in [1.807, 2.05) is 0 Å². The van der Waals surface area contributed by atoms with Gasteiger partial charge in [-0.15, -0.1) is 0 Å². The summed E-state index contributed by atoms with van der Waals surface area (Å²) in [5.41, 5.74) is 0. The lowest BCUT2D eigenvalue weighted by Gasteiger charge is -2.09. The van der Waals surface area contributed by atoms with Crippen LogP contribution in [0.25, 0.3) is 0 Å². The van der Waals surface area contributed by atoms with Crippen LogP contribution in [0.15, 0.2) is 11.1 Å². The molecule has 63 valence electrons. The van der Waals surface area contributed by atoms with Crippen molar-refractivity contribution in [2.24, 2.45) is 5.92 Å². The highest BCUT2D eigenvalue weighted by molar-refractivity contribution is 9.11. The number of hydrogen-bond acceptors (Lipinski definition) is 2. The fourth-order valence-corrected chi connectivity index (χ4v) is 1.07. The first kappa shape index (κ1) is 10.7. The van der Waals surface area contributed by atoms with Crippen LogP contribution in [0.2, 0.25) is 0 Å².